The van der Waals surface area contributed by atoms with Crippen molar-refractivity contribution in [2.45, 2.75) is 19.9 Å². The summed E-state index contributed by atoms with van der Waals surface area (Å²) < 4.78 is 11.2. The number of nitrogens with one attached hydrogen (secondary N) is 1. The number of para-hydroxylation sites is 1. The van der Waals surface area contributed by atoms with E-state index in [2.05, 4.69) is 10.2 Å². The van der Waals surface area contributed by atoms with E-state index in [1.54, 1.807) is 0 Å². The molecular weight excluding hydrogens is 376 g/mol. The van der Waals surface area contributed by atoms with Crippen LogP contribution in [0.1, 0.15) is 22.7 Å². The summed E-state index contributed by atoms with van der Waals surface area (Å²) in [5.41, 5.74) is 3.06. The van der Waals surface area contributed by atoms with Crippen LogP contribution in [0.25, 0.3) is 0 Å². The third-order valence-electron chi connectivity index (χ3n) is 5.00. The van der Waals surface area contributed by atoms with Crippen molar-refractivity contribution in [1.29, 1.82) is 0 Å². The predicted molar refractivity (Wildman–Crippen MR) is 111 cm³/mol. The molecule has 28 heavy (non-hydrogen) atoms. The number of rotatable bonds is 7. The van der Waals surface area contributed by atoms with Crippen molar-refractivity contribution in [2.24, 2.45) is 0 Å². The lowest BCUT2D eigenvalue weighted by atomic mass is 10.0. The minimum absolute atomic E-state index is 0.00162. The number of halogens is 1. The maximum atomic E-state index is 12.4. The van der Waals surface area contributed by atoms with Gasteiger partial charge in [0, 0.05) is 24.7 Å². The Balaban J connectivity index is 1.63. The SMILES string of the molecule is Cc1cccc(C)c1OCC(=O)NCC(c1ccccc1Cl)N1CCOCC1. The molecule has 0 aromatic heterocycles. The van der Waals surface area contributed by atoms with Crippen LogP contribution in [0.15, 0.2) is 42.5 Å². The molecule has 1 atom stereocenters. The van der Waals surface area contributed by atoms with E-state index in [0.29, 0.717) is 24.8 Å². The van der Waals surface area contributed by atoms with Crippen molar-refractivity contribution in [3.8, 4) is 5.75 Å². The van der Waals surface area contributed by atoms with Crippen LogP contribution < -0.4 is 10.1 Å². The van der Waals surface area contributed by atoms with Crippen LogP contribution in [-0.4, -0.2) is 50.3 Å². The van der Waals surface area contributed by atoms with Crippen molar-refractivity contribution in [2.75, 3.05) is 39.5 Å². The summed E-state index contributed by atoms with van der Waals surface area (Å²) in [6.45, 7) is 7.41. The number of amides is 1. The summed E-state index contributed by atoms with van der Waals surface area (Å²) in [4.78, 5) is 14.7. The Labute approximate surface area is 171 Å². The average molecular weight is 403 g/mol. The van der Waals surface area contributed by atoms with Crippen LogP contribution in [0.4, 0.5) is 0 Å². The molecule has 0 spiro atoms. The monoisotopic (exact) mass is 402 g/mol. The fraction of sp³-hybridized carbons (Fsp3) is 0.409. The zero-order valence-electron chi connectivity index (χ0n) is 16.4. The minimum Gasteiger partial charge on any atom is -0.483 e. The van der Waals surface area contributed by atoms with Gasteiger partial charge in [-0.15, -0.1) is 0 Å². The van der Waals surface area contributed by atoms with Gasteiger partial charge >= 0.3 is 0 Å². The second-order valence-corrected chi connectivity index (χ2v) is 7.41. The molecule has 2 aromatic carbocycles. The van der Waals surface area contributed by atoms with E-state index in [4.69, 9.17) is 21.1 Å². The second-order valence-electron chi connectivity index (χ2n) is 7.00. The fourth-order valence-electron chi connectivity index (χ4n) is 3.50. The molecule has 2 aromatic rings. The van der Waals surface area contributed by atoms with Crippen LogP contribution in [0.2, 0.25) is 5.02 Å². The highest BCUT2D eigenvalue weighted by Gasteiger charge is 2.25. The van der Waals surface area contributed by atoms with Gasteiger partial charge in [-0.05, 0) is 36.6 Å². The largest absolute Gasteiger partial charge is 0.483 e. The van der Waals surface area contributed by atoms with Gasteiger partial charge in [0.05, 0.1) is 19.3 Å². The highest BCUT2D eigenvalue weighted by Crippen LogP contribution is 2.28. The maximum Gasteiger partial charge on any atom is 0.258 e. The zero-order chi connectivity index (χ0) is 19.9. The summed E-state index contributed by atoms with van der Waals surface area (Å²) >= 11 is 6.43. The summed E-state index contributed by atoms with van der Waals surface area (Å²) in [6.07, 6.45) is 0. The Kier molecular flexibility index (Phi) is 7.31. The van der Waals surface area contributed by atoms with Gasteiger partial charge in [0.15, 0.2) is 6.61 Å². The Bertz CT molecular complexity index is 786. The number of hydrogen-bond acceptors (Lipinski definition) is 4. The zero-order valence-corrected chi connectivity index (χ0v) is 17.2. The van der Waals surface area contributed by atoms with E-state index in [0.717, 1.165) is 35.5 Å². The molecule has 6 heteroatoms. The van der Waals surface area contributed by atoms with Crippen molar-refractivity contribution in [3.05, 3.63) is 64.2 Å². The highest BCUT2D eigenvalue weighted by atomic mass is 35.5. The van der Waals surface area contributed by atoms with Gasteiger partial charge in [0.1, 0.15) is 5.75 Å². The number of hydrogen-bond donors (Lipinski definition) is 1. The average Bonchev–Trinajstić information content (AvgIpc) is 2.70. The molecule has 1 amide bonds. The molecule has 1 aliphatic rings. The highest BCUT2D eigenvalue weighted by molar-refractivity contribution is 6.31. The lowest BCUT2D eigenvalue weighted by Gasteiger charge is -2.35. The van der Waals surface area contributed by atoms with Crippen molar-refractivity contribution in [3.63, 3.8) is 0 Å². The minimum atomic E-state index is -0.145. The molecule has 1 saturated heterocycles. The first-order chi connectivity index (χ1) is 13.6. The van der Waals surface area contributed by atoms with Crippen LogP contribution >= 0.6 is 11.6 Å². The van der Waals surface area contributed by atoms with Crippen LogP contribution in [0, 0.1) is 13.8 Å². The third kappa shape index (κ3) is 5.25. The maximum absolute atomic E-state index is 12.4. The Morgan fingerprint density at radius 3 is 2.50 bits per heavy atom. The number of ether oxygens (including phenoxy) is 2. The Hall–Kier alpha value is -2.08. The molecule has 3 rings (SSSR count). The molecule has 1 unspecified atom stereocenters. The summed E-state index contributed by atoms with van der Waals surface area (Å²) in [5.74, 6) is 0.626. The van der Waals surface area contributed by atoms with E-state index >= 15 is 0 Å². The van der Waals surface area contributed by atoms with Gasteiger partial charge in [-0.25, -0.2) is 0 Å². The molecular formula is C22H27ClN2O3. The topological polar surface area (TPSA) is 50.8 Å². The summed E-state index contributed by atoms with van der Waals surface area (Å²) in [6, 6.07) is 13.7. The molecule has 0 radical (unpaired) electrons. The standard InChI is InChI=1S/C22H27ClN2O3/c1-16-6-5-7-17(2)22(16)28-15-21(26)24-14-20(25-10-12-27-13-11-25)18-8-3-4-9-19(18)23/h3-9,20H,10-15H2,1-2H3,(H,24,26). The van der Waals surface area contributed by atoms with Gasteiger partial charge in [0.2, 0.25) is 0 Å². The molecule has 5 nitrogen and oxygen atoms in total. The van der Waals surface area contributed by atoms with Crippen molar-refractivity contribution >= 4 is 17.5 Å². The number of carbonyl (C=O) groups is 1. The van der Waals surface area contributed by atoms with E-state index in [-0.39, 0.29) is 18.6 Å². The number of aryl methyl sites for hydroxylation is 2. The van der Waals surface area contributed by atoms with Crippen LogP contribution in [0.5, 0.6) is 5.75 Å². The first-order valence-corrected chi connectivity index (χ1v) is 9.96. The lowest BCUT2D eigenvalue weighted by Crippen LogP contribution is -2.44. The smallest absolute Gasteiger partial charge is 0.258 e. The fourth-order valence-corrected chi connectivity index (χ4v) is 3.76. The van der Waals surface area contributed by atoms with Gasteiger partial charge < -0.3 is 14.8 Å². The van der Waals surface area contributed by atoms with Crippen LogP contribution in [-0.2, 0) is 9.53 Å². The molecule has 1 N–H and O–H groups in total. The third-order valence-corrected chi connectivity index (χ3v) is 5.34. The number of benzene rings is 2. The predicted octanol–water partition coefficient (Wildman–Crippen LogP) is 3.53. The van der Waals surface area contributed by atoms with E-state index < -0.39 is 0 Å². The Morgan fingerprint density at radius 2 is 1.82 bits per heavy atom. The molecule has 0 aliphatic carbocycles. The van der Waals surface area contributed by atoms with Crippen molar-refractivity contribution < 1.29 is 14.3 Å². The number of morpholine rings is 1. The number of nitrogens with zero attached hydrogens (tertiary/aromatic N) is 1. The quantitative estimate of drug-likeness (QED) is 0.769. The van der Waals surface area contributed by atoms with Gasteiger partial charge in [0.25, 0.3) is 5.91 Å². The molecule has 1 heterocycles. The molecule has 0 saturated carbocycles. The molecule has 1 fully saturated rings. The van der Waals surface area contributed by atoms with E-state index in [9.17, 15) is 4.79 Å². The Morgan fingerprint density at radius 1 is 1.14 bits per heavy atom. The summed E-state index contributed by atoms with van der Waals surface area (Å²) in [5, 5.41) is 3.72. The van der Waals surface area contributed by atoms with Crippen LogP contribution in [0.3, 0.4) is 0 Å². The van der Waals surface area contributed by atoms with E-state index in [1.807, 2.05) is 56.3 Å². The van der Waals surface area contributed by atoms with E-state index in [1.165, 1.54) is 0 Å². The van der Waals surface area contributed by atoms with Gasteiger partial charge in [-0.2, -0.15) is 0 Å². The van der Waals surface area contributed by atoms with Gasteiger partial charge in [-0.3, -0.25) is 9.69 Å². The number of carbonyl (C=O) groups excluding carboxylic acids is 1. The summed E-state index contributed by atoms with van der Waals surface area (Å²) in [7, 11) is 0. The normalized spacial score (nSPS) is 15.8. The van der Waals surface area contributed by atoms with Gasteiger partial charge in [-0.1, -0.05) is 48.0 Å². The lowest BCUT2D eigenvalue weighted by molar-refractivity contribution is -0.123. The molecule has 1 aliphatic heterocycles. The second kappa shape index (κ2) is 9.92. The molecule has 150 valence electrons. The van der Waals surface area contributed by atoms with Crippen molar-refractivity contribution in [1.82, 2.24) is 10.2 Å². The first kappa shape index (κ1) is 20.6. The first-order valence-electron chi connectivity index (χ1n) is 9.58. The molecule has 0 bridgehead atoms.